The largest absolute Gasteiger partial charge is 0.508 e. The van der Waals surface area contributed by atoms with E-state index in [1.807, 2.05) is 0 Å². The molecule has 0 aromatic heterocycles. The number of rotatable bonds is 13. The Bertz CT molecular complexity index is 656. The normalized spacial score (nSPS) is 18.9. The summed E-state index contributed by atoms with van der Waals surface area (Å²) in [5.41, 5.74) is 2.42. The molecule has 0 bridgehead atoms. The van der Waals surface area contributed by atoms with Gasteiger partial charge in [0.15, 0.2) is 11.5 Å². The second-order valence-corrected chi connectivity index (χ2v) is 10.0. The summed E-state index contributed by atoms with van der Waals surface area (Å²) >= 11 is 0. The van der Waals surface area contributed by atoms with Gasteiger partial charge in [0.2, 0.25) is 0 Å². The van der Waals surface area contributed by atoms with Crippen LogP contribution in [0.4, 0.5) is 0 Å². The predicted octanol–water partition coefficient (Wildman–Crippen LogP) is 7.00. The number of aromatic hydroxyl groups is 3. The maximum Gasteiger partial charge on any atom is 0.164 e. The molecule has 28 heavy (non-hydrogen) atoms. The van der Waals surface area contributed by atoms with Crippen LogP contribution in [0.1, 0.15) is 108 Å². The zero-order valence-electron chi connectivity index (χ0n) is 18.0. The minimum absolute atomic E-state index is 0.0240. The molecule has 2 aliphatic carbocycles. The van der Waals surface area contributed by atoms with E-state index in [0.29, 0.717) is 34.8 Å². The zero-order valence-corrected chi connectivity index (χ0v) is 18.0. The molecule has 3 nitrogen and oxygen atoms in total. The summed E-state index contributed by atoms with van der Waals surface area (Å²) in [4.78, 5) is 0. The van der Waals surface area contributed by atoms with E-state index < -0.39 is 0 Å². The summed E-state index contributed by atoms with van der Waals surface area (Å²) in [5, 5.41) is 31.1. The Labute approximate surface area is 171 Å². The van der Waals surface area contributed by atoms with Crippen LogP contribution in [0.2, 0.25) is 0 Å². The Kier molecular flexibility index (Phi) is 6.83. The summed E-state index contributed by atoms with van der Waals surface area (Å²) in [5.74, 6) is 0.0125. The molecule has 2 fully saturated rings. The molecule has 158 valence electrons. The fraction of sp³-hybridized carbons (Fsp3) is 0.760. The minimum atomic E-state index is -0.105. The molecule has 0 unspecified atom stereocenters. The van der Waals surface area contributed by atoms with Crippen LogP contribution in [0.3, 0.4) is 0 Å². The van der Waals surface area contributed by atoms with E-state index in [1.54, 1.807) is 6.07 Å². The van der Waals surface area contributed by atoms with Gasteiger partial charge in [0.1, 0.15) is 5.75 Å². The van der Waals surface area contributed by atoms with Gasteiger partial charge >= 0.3 is 0 Å². The van der Waals surface area contributed by atoms with Crippen molar-refractivity contribution in [3.05, 3.63) is 17.2 Å². The van der Waals surface area contributed by atoms with Crippen molar-refractivity contribution in [1.29, 1.82) is 0 Å². The Morgan fingerprint density at radius 3 is 2.07 bits per heavy atom. The summed E-state index contributed by atoms with van der Waals surface area (Å²) in [7, 11) is 0. The van der Waals surface area contributed by atoms with Gasteiger partial charge < -0.3 is 15.3 Å². The van der Waals surface area contributed by atoms with Crippen LogP contribution in [0.5, 0.6) is 17.2 Å². The molecular formula is C25H40O3. The van der Waals surface area contributed by atoms with E-state index in [0.717, 1.165) is 25.7 Å². The second kappa shape index (κ2) is 8.97. The molecule has 0 atom stereocenters. The van der Waals surface area contributed by atoms with Crippen LogP contribution in [0, 0.1) is 10.8 Å². The van der Waals surface area contributed by atoms with E-state index in [4.69, 9.17) is 0 Å². The highest BCUT2D eigenvalue weighted by Gasteiger charge is 2.39. The summed E-state index contributed by atoms with van der Waals surface area (Å²) < 4.78 is 0. The van der Waals surface area contributed by atoms with Crippen LogP contribution in [0.15, 0.2) is 6.07 Å². The van der Waals surface area contributed by atoms with E-state index >= 15 is 0 Å². The molecule has 0 radical (unpaired) electrons. The standard InChI is InChI=1S/C25H40O3/c1-3-25(16-17-25)13-8-5-4-6-11-20-21(26)18-19(22(27)23(20)28)10-7-9-12-24(2)14-15-24/h18,26-28H,3-17H2,1-2H3. The monoisotopic (exact) mass is 388 g/mol. The summed E-state index contributed by atoms with van der Waals surface area (Å²) in [6.45, 7) is 4.65. The highest BCUT2D eigenvalue weighted by atomic mass is 16.3. The van der Waals surface area contributed by atoms with E-state index in [2.05, 4.69) is 13.8 Å². The third-order valence-corrected chi connectivity index (χ3v) is 7.61. The molecule has 2 aliphatic rings. The molecular weight excluding hydrogens is 348 g/mol. The van der Waals surface area contributed by atoms with Gasteiger partial charge in [-0.25, -0.2) is 0 Å². The van der Waals surface area contributed by atoms with E-state index in [9.17, 15) is 15.3 Å². The number of aryl methyl sites for hydroxylation is 1. The Morgan fingerprint density at radius 1 is 0.786 bits per heavy atom. The molecule has 0 heterocycles. The summed E-state index contributed by atoms with van der Waals surface area (Å²) in [6, 6.07) is 1.67. The van der Waals surface area contributed by atoms with Crippen molar-refractivity contribution in [3.8, 4) is 17.2 Å². The molecule has 3 heteroatoms. The third-order valence-electron chi connectivity index (χ3n) is 7.61. The topological polar surface area (TPSA) is 60.7 Å². The van der Waals surface area contributed by atoms with Gasteiger partial charge in [-0.1, -0.05) is 46.0 Å². The molecule has 0 spiro atoms. The molecule has 1 aromatic carbocycles. The quantitative estimate of drug-likeness (QED) is 0.194. The zero-order chi connectivity index (χ0) is 20.2. The number of benzene rings is 1. The molecule has 2 saturated carbocycles. The highest BCUT2D eigenvalue weighted by molar-refractivity contribution is 5.56. The van der Waals surface area contributed by atoms with Crippen molar-refractivity contribution < 1.29 is 15.3 Å². The second-order valence-electron chi connectivity index (χ2n) is 10.0. The Balaban J connectivity index is 1.40. The van der Waals surface area contributed by atoms with Crippen molar-refractivity contribution in [1.82, 2.24) is 0 Å². The Morgan fingerprint density at radius 2 is 1.43 bits per heavy atom. The van der Waals surface area contributed by atoms with Gasteiger partial charge in [-0.05, 0) is 81.1 Å². The first-order valence-electron chi connectivity index (χ1n) is 11.6. The van der Waals surface area contributed by atoms with Crippen molar-refractivity contribution >= 4 is 0 Å². The van der Waals surface area contributed by atoms with Crippen LogP contribution >= 0.6 is 0 Å². The van der Waals surface area contributed by atoms with Crippen LogP contribution < -0.4 is 0 Å². The number of phenolic OH excluding ortho intramolecular Hbond substituents is 3. The number of hydrogen-bond donors (Lipinski definition) is 3. The Hall–Kier alpha value is -1.38. The number of unbranched alkanes of at least 4 members (excludes halogenated alkanes) is 4. The van der Waals surface area contributed by atoms with Crippen molar-refractivity contribution in [2.45, 2.75) is 110 Å². The molecule has 0 amide bonds. The van der Waals surface area contributed by atoms with Gasteiger partial charge in [-0.15, -0.1) is 0 Å². The van der Waals surface area contributed by atoms with Crippen LogP contribution in [0.25, 0.3) is 0 Å². The molecule has 1 aromatic rings. The predicted molar refractivity (Wildman–Crippen MR) is 115 cm³/mol. The first kappa shape index (κ1) is 21.3. The van der Waals surface area contributed by atoms with Crippen molar-refractivity contribution in [2.75, 3.05) is 0 Å². The molecule has 0 saturated heterocycles. The van der Waals surface area contributed by atoms with Gasteiger partial charge in [0.25, 0.3) is 0 Å². The van der Waals surface area contributed by atoms with Crippen molar-refractivity contribution in [3.63, 3.8) is 0 Å². The van der Waals surface area contributed by atoms with Gasteiger partial charge in [0, 0.05) is 11.1 Å². The first-order valence-corrected chi connectivity index (χ1v) is 11.6. The smallest absolute Gasteiger partial charge is 0.164 e. The maximum atomic E-state index is 10.4. The average Bonchev–Trinajstić information content (AvgIpc) is 3.60. The van der Waals surface area contributed by atoms with Gasteiger partial charge in [0.05, 0.1) is 0 Å². The average molecular weight is 389 g/mol. The third kappa shape index (κ3) is 5.58. The van der Waals surface area contributed by atoms with Crippen LogP contribution in [-0.4, -0.2) is 15.3 Å². The lowest BCUT2D eigenvalue weighted by molar-refractivity contribution is 0.382. The lowest BCUT2D eigenvalue weighted by Crippen LogP contribution is -1.98. The lowest BCUT2D eigenvalue weighted by atomic mass is 9.94. The first-order chi connectivity index (χ1) is 13.4. The minimum Gasteiger partial charge on any atom is -0.508 e. The summed E-state index contributed by atoms with van der Waals surface area (Å²) in [6.07, 6.45) is 17.4. The fourth-order valence-corrected chi connectivity index (χ4v) is 4.62. The highest BCUT2D eigenvalue weighted by Crippen LogP contribution is 2.52. The maximum absolute atomic E-state index is 10.4. The van der Waals surface area contributed by atoms with Gasteiger partial charge in [-0.3, -0.25) is 0 Å². The SMILES string of the molecule is CCC1(CCCCCCc2c(O)cc(CCCCC3(C)CC3)c(O)c2O)CC1. The number of phenols is 3. The van der Waals surface area contributed by atoms with Crippen molar-refractivity contribution in [2.24, 2.45) is 10.8 Å². The van der Waals surface area contributed by atoms with E-state index in [-0.39, 0.29) is 17.2 Å². The molecule has 3 rings (SSSR count). The number of hydrogen-bond acceptors (Lipinski definition) is 3. The van der Waals surface area contributed by atoms with Gasteiger partial charge in [-0.2, -0.15) is 0 Å². The van der Waals surface area contributed by atoms with Crippen LogP contribution in [-0.2, 0) is 12.8 Å². The van der Waals surface area contributed by atoms with E-state index in [1.165, 1.54) is 57.8 Å². The lowest BCUT2D eigenvalue weighted by Gasteiger charge is -2.14. The fourth-order valence-electron chi connectivity index (χ4n) is 4.62. The molecule has 0 aliphatic heterocycles. The molecule has 3 N–H and O–H groups in total.